The van der Waals surface area contributed by atoms with Crippen LogP contribution in [-0.4, -0.2) is 32.4 Å². The molecule has 7 heteroatoms. The summed E-state index contributed by atoms with van der Waals surface area (Å²) in [7, 11) is 0. The van der Waals surface area contributed by atoms with Gasteiger partial charge in [0.1, 0.15) is 5.69 Å². The third kappa shape index (κ3) is 3.56. The highest BCUT2D eigenvalue weighted by molar-refractivity contribution is 5.92. The Morgan fingerprint density at radius 3 is 2.77 bits per heavy atom. The second kappa shape index (κ2) is 6.95. The van der Waals surface area contributed by atoms with E-state index in [-0.39, 0.29) is 11.5 Å². The fourth-order valence-electron chi connectivity index (χ4n) is 2.79. The minimum atomic E-state index is -0.250. The number of rotatable bonds is 6. The predicted molar refractivity (Wildman–Crippen MR) is 96.8 cm³/mol. The lowest BCUT2D eigenvalue weighted by Gasteiger charge is -2.08. The first-order chi connectivity index (χ1) is 12.7. The van der Waals surface area contributed by atoms with Crippen molar-refractivity contribution in [2.24, 2.45) is 0 Å². The largest absolute Gasteiger partial charge is 0.349 e. The van der Waals surface area contributed by atoms with Crippen LogP contribution in [0.3, 0.4) is 0 Å². The molecule has 0 bridgehead atoms. The number of carbonyl (C=O) groups is 1. The Kier molecular flexibility index (Phi) is 4.35. The average molecular weight is 349 g/mol. The molecule has 0 radical (unpaired) electrons. The van der Waals surface area contributed by atoms with Crippen molar-refractivity contribution in [1.29, 1.82) is 0 Å². The maximum absolute atomic E-state index is 12.2. The molecule has 2 heterocycles. The summed E-state index contributed by atoms with van der Waals surface area (Å²) >= 11 is 0. The molecule has 7 nitrogen and oxygen atoms in total. The summed E-state index contributed by atoms with van der Waals surface area (Å²) in [4.78, 5) is 24.2. The van der Waals surface area contributed by atoms with E-state index in [0.717, 1.165) is 29.8 Å². The molecule has 4 rings (SSSR count). The van der Waals surface area contributed by atoms with E-state index in [0.29, 0.717) is 24.7 Å². The van der Waals surface area contributed by atoms with Crippen molar-refractivity contribution in [3.8, 4) is 11.3 Å². The van der Waals surface area contributed by atoms with E-state index in [1.807, 2.05) is 30.3 Å². The van der Waals surface area contributed by atoms with Crippen molar-refractivity contribution in [3.05, 3.63) is 70.3 Å². The van der Waals surface area contributed by atoms with Gasteiger partial charge in [-0.2, -0.15) is 10.2 Å². The molecule has 0 atom stereocenters. The number of nitrogens with one attached hydrogen (secondary N) is 2. The van der Waals surface area contributed by atoms with Gasteiger partial charge in [0.2, 0.25) is 0 Å². The second-order valence-corrected chi connectivity index (χ2v) is 6.38. The highest BCUT2D eigenvalue weighted by Gasteiger charge is 2.26. The Hall–Kier alpha value is -3.22. The molecule has 1 amide bonds. The average Bonchev–Trinajstić information content (AvgIpc) is 3.40. The lowest BCUT2D eigenvalue weighted by atomic mass is 10.1. The Morgan fingerprint density at radius 2 is 2.00 bits per heavy atom. The van der Waals surface area contributed by atoms with Gasteiger partial charge < -0.3 is 5.32 Å². The van der Waals surface area contributed by atoms with Gasteiger partial charge in [-0.25, -0.2) is 4.68 Å². The number of carbonyl (C=O) groups excluding carboxylic acids is 1. The molecular weight excluding hydrogens is 330 g/mol. The fraction of sp³-hybridized carbons (Fsp3) is 0.263. The maximum atomic E-state index is 12.2. The van der Waals surface area contributed by atoms with Gasteiger partial charge in [-0.3, -0.25) is 14.7 Å². The maximum Gasteiger partial charge on any atom is 0.271 e. The first-order valence-electron chi connectivity index (χ1n) is 8.68. The van der Waals surface area contributed by atoms with E-state index >= 15 is 0 Å². The Labute approximate surface area is 150 Å². The van der Waals surface area contributed by atoms with Crippen LogP contribution in [0.25, 0.3) is 11.3 Å². The molecule has 2 N–H and O–H groups in total. The van der Waals surface area contributed by atoms with Crippen LogP contribution in [0.15, 0.2) is 53.3 Å². The van der Waals surface area contributed by atoms with Gasteiger partial charge in [0, 0.05) is 29.8 Å². The van der Waals surface area contributed by atoms with E-state index in [1.165, 1.54) is 10.7 Å². The Bertz CT molecular complexity index is 973. The second-order valence-electron chi connectivity index (χ2n) is 6.38. The van der Waals surface area contributed by atoms with Gasteiger partial charge in [-0.05, 0) is 25.0 Å². The van der Waals surface area contributed by atoms with E-state index in [9.17, 15) is 9.59 Å². The smallest absolute Gasteiger partial charge is 0.271 e. The first kappa shape index (κ1) is 16.3. The molecule has 3 aromatic rings. The van der Waals surface area contributed by atoms with Crippen molar-refractivity contribution < 1.29 is 4.79 Å². The molecule has 132 valence electrons. The molecule has 1 saturated carbocycles. The zero-order valence-electron chi connectivity index (χ0n) is 14.2. The lowest BCUT2D eigenvalue weighted by molar-refractivity contribution is 0.0946. The zero-order valence-corrected chi connectivity index (χ0v) is 14.2. The van der Waals surface area contributed by atoms with Crippen LogP contribution < -0.4 is 10.9 Å². The summed E-state index contributed by atoms with van der Waals surface area (Å²) in [6, 6.07) is 14.6. The number of hydrogen-bond acceptors (Lipinski definition) is 4. The number of aromatic amines is 1. The molecule has 0 spiro atoms. The van der Waals surface area contributed by atoms with Crippen molar-refractivity contribution in [1.82, 2.24) is 25.3 Å². The van der Waals surface area contributed by atoms with Gasteiger partial charge in [-0.1, -0.05) is 30.3 Å². The number of benzene rings is 1. The van der Waals surface area contributed by atoms with Crippen LogP contribution >= 0.6 is 0 Å². The van der Waals surface area contributed by atoms with Crippen molar-refractivity contribution in [2.45, 2.75) is 25.3 Å². The van der Waals surface area contributed by atoms with E-state index < -0.39 is 0 Å². The number of hydrogen-bond donors (Lipinski definition) is 2. The highest BCUT2D eigenvalue weighted by atomic mass is 16.2. The van der Waals surface area contributed by atoms with Crippen LogP contribution in [0.2, 0.25) is 0 Å². The van der Waals surface area contributed by atoms with Gasteiger partial charge in [0.15, 0.2) is 0 Å². The van der Waals surface area contributed by atoms with Crippen molar-refractivity contribution in [3.63, 3.8) is 0 Å². The zero-order chi connectivity index (χ0) is 17.9. The van der Waals surface area contributed by atoms with Crippen LogP contribution in [0.1, 0.15) is 34.9 Å². The topological polar surface area (TPSA) is 92.7 Å². The van der Waals surface area contributed by atoms with Gasteiger partial charge in [0.05, 0.1) is 12.2 Å². The van der Waals surface area contributed by atoms with Crippen LogP contribution in [0, 0.1) is 0 Å². The van der Waals surface area contributed by atoms with Crippen molar-refractivity contribution >= 4 is 5.91 Å². The highest BCUT2D eigenvalue weighted by Crippen LogP contribution is 2.38. The molecule has 26 heavy (non-hydrogen) atoms. The van der Waals surface area contributed by atoms with Gasteiger partial charge >= 0.3 is 0 Å². The number of amides is 1. The van der Waals surface area contributed by atoms with Crippen molar-refractivity contribution in [2.75, 3.05) is 6.54 Å². The molecule has 1 aliphatic carbocycles. The van der Waals surface area contributed by atoms with E-state index in [4.69, 9.17) is 0 Å². The molecule has 1 fully saturated rings. The van der Waals surface area contributed by atoms with Crippen LogP contribution in [-0.2, 0) is 6.54 Å². The molecule has 1 aromatic carbocycles. The molecule has 0 aliphatic heterocycles. The SMILES string of the molecule is O=C(NCCn1nc(-c2ccccc2)ccc1=O)c1cc(C2CC2)[nH]n1. The minimum absolute atomic E-state index is 0.199. The molecular formula is C19H19N5O2. The van der Waals surface area contributed by atoms with Gasteiger partial charge in [0.25, 0.3) is 11.5 Å². The fourth-order valence-corrected chi connectivity index (χ4v) is 2.79. The van der Waals surface area contributed by atoms with E-state index in [1.54, 1.807) is 12.1 Å². The number of aromatic nitrogens is 4. The number of H-pyrrole nitrogens is 1. The number of nitrogens with zero attached hydrogens (tertiary/aromatic N) is 3. The predicted octanol–water partition coefficient (Wildman–Crippen LogP) is 1.94. The van der Waals surface area contributed by atoms with Crippen LogP contribution in [0.5, 0.6) is 0 Å². The third-order valence-corrected chi connectivity index (χ3v) is 4.39. The quantitative estimate of drug-likeness (QED) is 0.711. The normalized spacial score (nSPS) is 13.5. The lowest BCUT2D eigenvalue weighted by Crippen LogP contribution is -2.32. The molecule has 1 aliphatic rings. The molecule has 0 saturated heterocycles. The van der Waals surface area contributed by atoms with Gasteiger partial charge in [-0.15, -0.1) is 0 Å². The summed E-state index contributed by atoms with van der Waals surface area (Å²) in [5, 5.41) is 14.1. The molecule has 2 aromatic heterocycles. The minimum Gasteiger partial charge on any atom is -0.349 e. The Morgan fingerprint density at radius 1 is 1.19 bits per heavy atom. The summed E-state index contributed by atoms with van der Waals surface area (Å²) in [6.07, 6.45) is 2.30. The third-order valence-electron chi connectivity index (χ3n) is 4.39. The summed E-state index contributed by atoms with van der Waals surface area (Å²) in [6.45, 7) is 0.598. The summed E-state index contributed by atoms with van der Waals surface area (Å²) in [5.74, 6) is 0.271. The first-order valence-corrected chi connectivity index (χ1v) is 8.68. The Balaban J connectivity index is 1.39. The standard InChI is InChI=1S/C19H19N5O2/c25-18-9-8-15(13-4-2-1-3-5-13)23-24(18)11-10-20-19(26)17-12-16(21-22-17)14-6-7-14/h1-5,8-9,12,14H,6-7,10-11H2,(H,20,26)(H,21,22). The van der Waals surface area contributed by atoms with E-state index in [2.05, 4.69) is 20.6 Å². The van der Waals surface area contributed by atoms with Crippen LogP contribution in [0.4, 0.5) is 0 Å². The molecule has 0 unspecified atom stereocenters. The summed E-state index contributed by atoms with van der Waals surface area (Å²) < 4.78 is 1.36. The monoisotopic (exact) mass is 349 g/mol. The summed E-state index contributed by atoms with van der Waals surface area (Å²) in [5.41, 5.74) is 2.86.